The van der Waals surface area contributed by atoms with E-state index in [4.69, 9.17) is 11.6 Å². The lowest BCUT2D eigenvalue weighted by molar-refractivity contribution is 0.649. The fourth-order valence-corrected chi connectivity index (χ4v) is 1.86. The highest BCUT2D eigenvalue weighted by molar-refractivity contribution is 9.10. The molecule has 0 unspecified atom stereocenters. The average molecular weight is 301 g/mol. The zero-order chi connectivity index (χ0) is 11.4. The van der Waals surface area contributed by atoms with Gasteiger partial charge >= 0.3 is 0 Å². The number of hydrogen-bond acceptors (Lipinski definition) is 2. The minimum atomic E-state index is 0.580. The molecule has 0 N–H and O–H groups in total. The van der Waals surface area contributed by atoms with E-state index in [1.54, 1.807) is 0 Å². The Morgan fingerprint density at radius 3 is 2.69 bits per heavy atom. The van der Waals surface area contributed by atoms with Crippen LogP contribution < -0.4 is 0 Å². The maximum absolute atomic E-state index is 5.64. The van der Waals surface area contributed by atoms with Crippen LogP contribution in [0.15, 0.2) is 34.9 Å². The molecule has 84 valence electrons. The Morgan fingerprint density at radius 2 is 2.00 bits per heavy atom. The van der Waals surface area contributed by atoms with Crippen LogP contribution in [0.3, 0.4) is 0 Å². The standard InChI is InChI=1S/C11H11BrClN3/c12-10-3-1-9(2-4-10)7-16-8-11(5-6-13)14-15-16/h1-4,8H,5-7H2. The largest absolute Gasteiger partial charge is 0.248 e. The van der Waals surface area contributed by atoms with Crippen molar-refractivity contribution in [2.24, 2.45) is 0 Å². The topological polar surface area (TPSA) is 30.7 Å². The lowest BCUT2D eigenvalue weighted by Gasteiger charge is -2.00. The zero-order valence-electron chi connectivity index (χ0n) is 8.61. The summed E-state index contributed by atoms with van der Waals surface area (Å²) in [6, 6.07) is 8.16. The van der Waals surface area contributed by atoms with Gasteiger partial charge in [-0.2, -0.15) is 0 Å². The summed E-state index contributed by atoms with van der Waals surface area (Å²) < 4.78 is 2.91. The van der Waals surface area contributed by atoms with Gasteiger partial charge in [-0.25, -0.2) is 4.68 Å². The van der Waals surface area contributed by atoms with Gasteiger partial charge in [0.05, 0.1) is 12.2 Å². The van der Waals surface area contributed by atoms with Gasteiger partial charge in [0, 0.05) is 23.0 Å². The smallest absolute Gasteiger partial charge is 0.0839 e. The molecule has 0 saturated carbocycles. The average Bonchev–Trinajstić information content (AvgIpc) is 2.70. The van der Waals surface area contributed by atoms with E-state index in [9.17, 15) is 0 Å². The molecule has 3 nitrogen and oxygen atoms in total. The number of halogens is 2. The van der Waals surface area contributed by atoms with Crippen LogP contribution in [0.5, 0.6) is 0 Å². The second kappa shape index (κ2) is 5.46. The number of aryl methyl sites for hydroxylation is 1. The Kier molecular flexibility index (Phi) is 3.96. The number of rotatable bonds is 4. The highest BCUT2D eigenvalue weighted by Gasteiger charge is 2.00. The Hall–Kier alpha value is -0.870. The summed E-state index contributed by atoms with van der Waals surface area (Å²) in [7, 11) is 0. The third kappa shape index (κ3) is 3.06. The Labute approximate surface area is 108 Å². The van der Waals surface area contributed by atoms with E-state index < -0.39 is 0 Å². The first kappa shape index (κ1) is 11.6. The molecule has 0 amide bonds. The molecule has 5 heteroatoms. The molecular weight excluding hydrogens is 289 g/mol. The molecule has 1 aromatic carbocycles. The summed E-state index contributed by atoms with van der Waals surface area (Å²) >= 11 is 9.05. The van der Waals surface area contributed by atoms with Crippen molar-refractivity contribution in [1.29, 1.82) is 0 Å². The highest BCUT2D eigenvalue weighted by atomic mass is 79.9. The predicted octanol–water partition coefficient (Wildman–Crippen LogP) is 2.87. The molecule has 2 rings (SSSR count). The van der Waals surface area contributed by atoms with Crippen molar-refractivity contribution in [2.45, 2.75) is 13.0 Å². The first-order valence-electron chi connectivity index (χ1n) is 4.97. The summed E-state index contributed by atoms with van der Waals surface area (Å²) in [6.07, 6.45) is 2.70. The summed E-state index contributed by atoms with van der Waals surface area (Å²) in [6.45, 7) is 0.739. The minimum Gasteiger partial charge on any atom is -0.248 e. The van der Waals surface area contributed by atoms with Crippen molar-refractivity contribution in [3.63, 3.8) is 0 Å². The molecule has 1 heterocycles. The fraction of sp³-hybridized carbons (Fsp3) is 0.273. The molecule has 0 atom stereocenters. The third-order valence-corrected chi connectivity index (χ3v) is 2.91. The number of nitrogens with zero attached hydrogens (tertiary/aromatic N) is 3. The second-order valence-corrected chi connectivity index (χ2v) is 4.77. The van der Waals surface area contributed by atoms with Gasteiger partial charge in [-0.3, -0.25) is 0 Å². The first-order chi connectivity index (χ1) is 7.78. The van der Waals surface area contributed by atoms with E-state index >= 15 is 0 Å². The number of aromatic nitrogens is 3. The summed E-state index contributed by atoms with van der Waals surface area (Å²) in [4.78, 5) is 0. The van der Waals surface area contributed by atoms with E-state index in [-0.39, 0.29) is 0 Å². The highest BCUT2D eigenvalue weighted by Crippen LogP contribution is 2.11. The normalized spacial score (nSPS) is 10.6. The quantitative estimate of drug-likeness (QED) is 0.813. The maximum atomic E-state index is 5.64. The first-order valence-corrected chi connectivity index (χ1v) is 6.30. The monoisotopic (exact) mass is 299 g/mol. The van der Waals surface area contributed by atoms with Gasteiger partial charge in [-0.05, 0) is 17.7 Å². The molecular formula is C11H11BrClN3. The number of alkyl halides is 1. The molecule has 0 fully saturated rings. The summed E-state index contributed by atoms with van der Waals surface area (Å²) in [5.41, 5.74) is 2.14. The second-order valence-electron chi connectivity index (χ2n) is 3.47. The van der Waals surface area contributed by atoms with Crippen LogP contribution in [0.4, 0.5) is 0 Å². The van der Waals surface area contributed by atoms with Gasteiger partial charge < -0.3 is 0 Å². The van der Waals surface area contributed by atoms with Gasteiger partial charge in [0.1, 0.15) is 0 Å². The molecule has 16 heavy (non-hydrogen) atoms. The van der Waals surface area contributed by atoms with Crippen LogP contribution in [-0.2, 0) is 13.0 Å². The van der Waals surface area contributed by atoms with Crippen LogP contribution in [0.2, 0.25) is 0 Å². The van der Waals surface area contributed by atoms with E-state index in [0.29, 0.717) is 5.88 Å². The van der Waals surface area contributed by atoms with Gasteiger partial charge in [-0.1, -0.05) is 33.3 Å². The van der Waals surface area contributed by atoms with Gasteiger partial charge in [-0.15, -0.1) is 16.7 Å². The molecule has 0 spiro atoms. The van der Waals surface area contributed by atoms with Gasteiger partial charge in [0.15, 0.2) is 0 Å². The maximum Gasteiger partial charge on any atom is 0.0839 e. The Balaban J connectivity index is 2.05. The van der Waals surface area contributed by atoms with Crippen molar-refractivity contribution in [1.82, 2.24) is 15.0 Å². The van der Waals surface area contributed by atoms with Crippen molar-refractivity contribution < 1.29 is 0 Å². The molecule has 0 radical (unpaired) electrons. The molecule has 2 aromatic rings. The summed E-state index contributed by atoms with van der Waals surface area (Å²) in [5.74, 6) is 0.580. The van der Waals surface area contributed by atoms with Crippen LogP contribution in [0.25, 0.3) is 0 Å². The number of benzene rings is 1. The lowest BCUT2D eigenvalue weighted by atomic mass is 10.2. The molecule has 0 bridgehead atoms. The Morgan fingerprint density at radius 1 is 1.25 bits per heavy atom. The van der Waals surface area contributed by atoms with E-state index in [1.165, 1.54) is 5.56 Å². The van der Waals surface area contributed by atoms with E-state index in [1.807, 2.05) is 23.0 Å². The van der Waals surface area contributed by atoms with Crippen LogP contribution in [0.1, 0.15) is 11.3 Å². The van der Waals surface area contributed by atoms with E-state index in [2.05, 4.69) is 38.4 Å². The van der Waals surface area contributed by atoms with Crippen molar-refractivity contribution in [2.75, 3.05) is 5.88 Å². The molecule has 1 aromatic heterocycles. The molecule has 0 aliphatic rings. The molecule has 0 aliphatic carbocycles. The third-order valence-electron chi connectivity index (χ3n) is 2.19. The fourth-order valence-electron chi connectivity index (χ4n) is 1.40. The van der Waals surface area contributed by atoms with Gasteiger partial charge in [0.25, 0.3) is 0 Å². The minimum absolute atomic E-state index is 0.580. The van der Waals surface area contributed by atoms with Crippen LogP contribution in [-0.4, -0.2) is 20.9 Å². The Bertz CT molecular complexity index is 453. The molecule has 0 aliphatic heterocycles. The van der Waals surface area contributed by atoms with Crippen molar-refractivity contribution >= 4 is 27.5 Å². The van der Waals surface area contributed by atoms with Crippen molar-refractivity contribution in [3.05, 3.63) is 46.2 Å². The van der Waals surface area contributed by atoms with Crippen LogP contribution >= 0.6 is 27.5 Å². The van der Waals surface area contributed by atoms with E-state index in [0.717, 1.165) is 23.1 Å². The number of hydrogen-bond donors (Lipinski definition) is 0. The SMILES string of the molecule is ClCCc1cn(Cc2ccc(Br)cc2)nn1. The van der Waals surface area contributed by atoms with Crippen LogP contribution in [0, 0.1) is 0 Å². The zero-order valence-corrected chi connectivity index (χ0v) is 10.9. The van der Waals surface area contributed by atoms with Gasteiger partial charge in [0.2, 0.25) is 0 Å². The van der Waals surface area contributed by atoms with Crippen molar-refractivity contribution in [3.8, 4) is 0 Å². The predicted molar refractivity (Wildman–Crippen MR) is 67.7 cm³/mol. The lowest BCUT2D eigenvalue weighted by Crippen LogP contribution is -2.00. The summed E-state index contributed by atoms with van der Waals surface area (Å²) in [5, 5.41) is 8.09. The molecule has 0 saturated heterocycles.